The van der Waals surface area contributed by atoms with Crippen molar-refractivity contribution in [3.05, 3.63) is 70.0 Å². The molecule has 2 aromatic carbocycles. The Hall–Kier alpha value is -3.52. The van der Waals surface area contributed by atoms with Crippen molar-refractivity contribution in [1.29, 1.82) is 0 Å². The lowest BCUT2D eigenvalue weighted by molar-refractivity contribution is -0.132. The molecule has 1 saturated heterocycles. The van der Waals surface area contributed by atoms with Crippen LogP contribution in [0.1, 0.15) is 0 Å². The Morgan fingerprint density at radius 1 is 0.970 bits per heavy atom. The van der Waals surface area contributed by atoms with Gasteiger partial charge in [-0.1, -0.05) is 17.7 Å². The van der Waals surface area contributed by atoms with Gasteiger partial charge < -0.3 is 19.3 Å². The van der Waals surface area contributed by atoms with Crippen LogP contribution >= 0.6 is 11.6 Å². The van der Waals surface area contributed by atoms with Crippen LogP contribution in [0.5, 0.6) is 11.5 Å². The number of ether oxygens (including phenoxy) is 2. The molecule has 0 aliphatic carbocycles. The molecule has 33 heavy (non-hydrogen) atoms. The summed E-state index contributed by atoms with van der Waals surface area (Å²) in [7, 11) is 3.12. The summed E-state index contributed by atoms with van der Waals surface area (Å²) in [6.45, 7) is 2.41. The molecule has 1 amide bonds. The predicted octanol–water partition coefficient (Wildman–Crippen LogP) is 2.93. The molecule has 172 valence electrons. The zero-order chi connectivity index (χ0) is 23.4. The van der Waals surface area contributed by atoms with E-state index < -0.39 is 0 Å². The van der Waals surface area contributed by atoms with Crippen LogP contribution in [0, 0.1) is 0 Å². The summed E-state index contributed by atoms with van der Waals surface area (Å²) in [6, 6.07) is 16.1. The molecule has 0 spiro atoms. The summed E-state index contributed by atoms with van der Waals surface area (Å²) in [5.74, 6) is 1.02. The van der Waals surface area contributed by atoms with Crippen LogP contribution in [-0.4, -0.2) is 61.0 Å². The zero-order valence-corrected chi connectivity index (χ0v) is 19.3. The monoisotopic (exact) mass is 468 g/mol. The first-order valence-electron chi connectivity index (χ1n) is 10.6. The van der Waals surface area contributed by atoms with E-state index in [4.69, 9.17) is 21.1 Å². The second kappa shape index (κ2) is 9.95. The van der Waals surface area contributed by atoms with Crippen LogP contribution < -0.4 is 19.9 Å². The maximum Gasteiger partial charge on any atom is 0.267 e. The number of benzene rings is 2. The van der Waals surface area contributed by atoms with Crippen LogP contribution in [0.2, 0.25) is 5.02 Å². The first-order chi connectivity index (χ1) is 16.0. The number of rotatable bonds is 6. The fourth-order valence-electron chi connectivity index (χ4n) is 3.83. The molecule has 0 bridgehead atoms. The van der Waals surface area contributed by atoms with E-state index in [9.17, 15) is 9.59 Å². The minimum Gasteiger partial charge on any atom is -0.493 e. The molecule has 1 aliphatic rings. The number of aromatic nitrogens is 2. The highest BCUT2D eigenvalue weighted by Gasteiger charge is 2.22. The van der Waals surface area contributed by atoms with Crippen molar-refractivity contribution in [3.8, 4) is 22.8 Å². The first kappa shape index (κ1) is 22.7. The van der Waals surface area contributed by atoms with Gasteiger partial charge in [-0.2, -0.15) is 5.10 Å². The number of hydrogen-bond donors (Lipinski definition) is 0. The van der Waals surface area contributed by atoms with Gasteiger partial charge in [0.15, 0.2) is 11.5 Å². The van der Waals surface area contributed by atoms with Gasteiger partial charge in [-0.15, -0.1) is 0 Å². The molecule has 2 heterocycles. The Morgan fingerprint density at radius 3 is 2.42 bits per heavy atom. The van der Waals surface area contributed by atoms with Gasteiger partial charge in [-0.3, -0.25) is 9.59 Å². The standard InChI is InChI=1S/C24H25ClN4O4/c1-32-21-8-6-17(14-22(21)33-2)20-7-9-23(30)29(26-20)16-24(31)28-12-10-27(11-13-28)19-5-3-4-18(25)15-19/h3-9,14-15H,10-13,16H2,1-2H3. The molecule has 1 aliphatic heterocycles. The lowest BCUT2D eigenvalue weighted by atomic mass is 10.1. The van der Waals surface area contributed by atoms with Crippen LogP contribution in [0.4, 0.5) is 5.69 Å². The third kappa shape index (κ3) is 5.12. The average Bonchev–Trinajstić information content (AvgIpc) is 2.85. The average molecular weight is 469 g/mol. The van der Waals surface area contributed by atoms with E-state index in [0.29, 0.717) is 48.4 Å². The fraction of sp³-hybridized carbons (Fsp3) is 0.292. The molecule has 4 rings (SSSR count). The highest BCUT2D eigenvalue weighted by Crippen LogP contribution is 2.31. The highest BCUT2D eigenvalue weighted by molar-refractivity contribution is 6.30. The van der Waals surface area contributed by atoms with Crippen molar-refractivity contribution in [1.82, 2.24) is 14.7 Å². The number of methoxy groups -OCH3 is 2. The Labute approximate surface area is 196 Å². The number of hydrogen-bond acceptors (Lipinski definition) is 6. The molecule has 0 saturated carbocycles. The van der Waals surface area contributed by atoms with Gasteiger partial charge >= 0.3 is 0 Å². The maximum absolute atomic E-state index is 12.9. The highest BCUT2D eigenvalue weighted by atomic mass is 35.5. The Kier molecular flexibility index (Phi) is 6.84. The Balaban J connectivity index is 1.45. The second-order valence-corrected chi connectivity index (χ2v) is 8.07. The normalized spacial score (nSPS) is 13.7. The third-order valence-electron chi connectivity index (χ3n) is 5.64. The molecule has 1 fully saturated rings. The van der Waals surface area contributed by atoms with Crippen molar-refractivity contribution in [3.63, 3.8) is 0 Å². The number of piperazine rings is 1. The molecular weight excluding hydrogens is 444 g/mol. The number of amides is 1. The summed E-state index contributed by atoms with van der Waals surface area (Å²) in [5.41, 5.74) is 2.03. The first-order valence-corrected chi connectivity index (χ1v) is 10.9. The van der Waals surface area contributed by atoms with Gasteiger partial charge in [0.25, 0.3) is 5.56 Å². The largest absolute Gasteiger partial charge is 0.493 e. The molecule has 0 radical (unpaired) electrons. The minimum absolute atomic E-state index is 0.114. The number of nitrogens with zero attached hydrogens (tertiary/aromatic N) is 4. The van der Waals surface area contributed by atoms with Crippen LogP contribution in [0.15, 0.2) is 59.4 Å². The van der Waals surface area contributed by atoms with Gasteiger partial charge in [0, 0.05) is 48.5 Å². The third-order valence-corrected chi connectivity index (χ3v) is 5.87. The van der Waals surface area contributed by atoms with Crippen LogP contribution in [0.3, 0.4) is 0 Å². The number of carbonyl (C=O) groups is 1. The van der Waals surface area contributed by atoms with Crippen molar-refractivity contribution in [2.75, 3.05) is 45.3 Å². The lowest BCUT2D eigenvalue weighted by Gasteiger charge is -2.36. The SMILES string of the molecule is COc1ccc(-c2ccc(=O)n(CC(=O)N3CCN(c4cccc(Cl)c4)CC3)n2)cc1OC. The van der Waals surface area contributed by atoms with E-state index in [1.54, 1.807) is 37.3 Å². The van der Waals surface area contributed by atoms with E-state index in [1.807, 2.05) is 30.3 Å². The smallest absolute Gasteiger partial charge is 0.267 e. The molecular formula is C24H25ClN4O4. The van der Waals surface area contributed by atoms with Crippen molar-refractivity contribution in [2.45, 2.75) is 6.54 Å². The molecule has 9 heteroatoms. The summed E-state index contributed by atoms with van der Waals surface area (Å²) in [6.07, 6.45) is 0. The quantitative estimate of drug-likeness (QED) is 0.553. The Bertz CT molecular complexity index is 1210. The van der Waals surface area contributed by atoms with E-state index >= 15 is 0 Å². The molecule has 3 aromatic rings. The van der Waals surface area contributed by atoms with Gasteiger partial charge in [0.05, 0.1) is 19.9 Å². The van der Waals surface area contributed by atoms with Crippen molar-refractivity contribution >= 4 is 23.2 Å². The van der Waals surface area contributed by atoms with Crippen molar-refractivity contribution in [2.24, 2.45) is 0 Å². The van der Waals surface area contributed by atoms with Gasteiger partial charge in [0.1, 0.15) is 6.54 Å². The van der Waals surface area contributed by atoms with Crippen molar-refractivity contribution < 1.29 is 14.3 Å². The summed E-state index contributed by atoms with van der Waals surface area (Å²) in [5, 5.41) is 5.10. The topological polar surface area (TPSA) is 76.9 Å². The number of halogens is 1. The number of anilines is 1. The number of carbonyl (C=O) groups excluding carboxylic acids is 1. The summed E-state index contributed by atoms with van der Waals surface area (Å²) in [4.78, 5) is 29.2. The maximum atomic E-state index is 12.9. The minimum atomic E-state index is -0.329. The van der Waals surface area contributed by atoms with Crippen LogP contribution in [0.25, 0.3) is 11.3 Å². The van der Waals surface area contributed by atoms with E-state index in [2.05, 4.69) is 10.00 Å². The van der Waals surface area contributed by atoms with E-state index in [0.717, 1.165) is 11.3 Å². The molecule has 0 unspecified atom stereocenters. The molecule has 0 atom stereocenters. The Morgan fingerprint density at radius 2 is 1.73 bits per heavy atom. The van der Waals surface area contributed by atoms with Gasteiger partial charge in [-0.25, -0.2) is 4.68 Å². The van der Waals surface area contributed by atoms with Crippen LogP contribution in [-0.2, 0) is 11.3 Å². The predicted molar refractivity (Wildman–Crippen MR) is 127 cm³/mol. The second-order valence-electron chi connectivity index (χ2n) is 7.63. The molecule has 0 N–H and O–H groups in total. The van der Waals surface area contributed by atoms with Gasteiger partial charge in [-0.05, 0) is 42.5 Å². The summed E-state index contributed by atoms with van der Waals surface area (Å²) >= 11 is 6.09. The summed E-state index contributed by atoms with van der Waals surface area (Å²) < 4.78 is 11.8. The van der Waals surface area contributed by atoms with Gasteiger partial charge in [0.2, 0.25) is 5.91 Å². The zero-order valence-electron chi connectivity index (χ0n) is 18.5. The van der Waals surface area contributed by atoms with E-state index in [-0.39, 0.29) is 18.0 Å². The lowest BCUT2D eigenvalue weighted by Crippen LogP contribution is -2.50. The molecule has 1 aromatic heterocycles. The molecule has 8 nitrogen and oxygen atoms in total. The van der Waals surface area contributed by atoms with E-state index in [1.165, 1.54) is 10.7 Å². The fourth-order valence-corrected chi connectivity index (χ4v) is 4.01.